The minimum absolute atomic E-state index is 0.282. The molecule has 0 fully saturated rings. The maximum atomic E-state index is 12.3. The van der Waals surface area contributed by atoms with Gasteiger partial charge >= 0.3 is 5.97 Å². The van der Waals surface area contributed by atoms with Crippen LogP contribution < -0.4 is 5.32 Å². The summed E-state index contributed by atoms with van der Waals surface area (Å²) in [6, 6.07) is 13.2. The molecule has 1 aromatic heterocycles. The van der Waals surface area contributed by atoms with Gasteiger partial charge in [-0.15, -0.1) is 5.10 Å². The summed E-state index contributed by atoms with van der Waals surface area (Å²) in [5, 5.41) is 14.1. The molecule has 1 N–H and O–H groups in total. The number of nitrogens with one attached hydrogen (secondary N) is 1. The van der Waals surface area contributed by atoms with Gasteiger partial charge in [-0.1, -0.05) is 17.7 Å². The van der Waals surface area contributed by atoms with Crippen molar-refractivity contribution in [1.82, 2.24) is 20.2 Å². The summed E-state index contributed by atoms with van der Waals surface area (Å²) in [4.78, 5) is 24.5. The molecule has 0 radical (unpaired) electrons. The molecule has 3 rings (SSSR count). The monoisotopic (exact) mass is 371 g/mol. The second kappa shape index (κ2) is 7.75. The Kier molecular flexibility index (Phi) is 5.23. The third-order valence-electron chi connectivity index (χ3n) is 3.46. The molecule has 1 heterocycles. The Bertz CT molecular complexity index is 912. The Morgan fingerprint density at radius 1 is 1.19 bits per heavy atom. The molecule has 0 aliphatic rings. The first-order valence-corrected chi connectivity index (χ1v) is 8.01. The van der Waals surface area contributed by atoms with E-state index in [1.807, 2.05) is 0 Å². The van der Waals surface area contributed by atoms with Gasteiger partial charge in [0, 0.05) is 10.7 Å². The normalized spacial score (nSPS) is 11.6. The van der Waals surface area contributed by atoms with Crippen LogP contribution in [-0.4, -0.2) is 38.2 Å². The molecule has 0 saturated heterocycles. The van der Waals surface area contributed by atoms with Crippen molar-refractivity contribution in [2.75, 3.05) is 5.32 Å². The van der Waals surface area contributed by atoms with E-state index in [4.69, 9.17) is 16.3 Å². The standard InChI is InChI=1S/C17H14ClN5O3/c1-11(16(24)20-14-7-5-13(18)6-8-14)26-17(25)12-3-2-4-15(9-12)23-10-19-21-22-23/h2-11H,1H3,(H,20,24). The Morgan fingerprint density at radius 2 is 1.96 bits per heavy atom. The summed E-state index contributed by atoms with van der Waals surface area (Å²) in [7, 11) is 0. The highest BCUT2D eigenvalue weighted by Crippen LogP contribution is 2.15. The van der Waals surface area contributed by atoms with Crippen LogP contribution in [-0.2, 0) is 9.53 Å². The molecule has 1 amide bonds. The first kappa shape index (κ1) is 17.6. The zero-order chi connectivity index (χ0) is 18.5. The molecular formula is C17H14ClN5O3. The molecule has 0 aliphatic carbocycles. The fourth-order valence-corrected chi connectivity index (χ4v) is 2.24. The van der Waals surface area contributed by atoms with Gasteiger partial charge in [0.1, 0.15) is 6.33 Å². The van der Waals surface area contributed by atoms with Crippen molar-refractivity contribution in [2.24, 2.45) is 0 Å². The van der Waals surface area contributed by atoms with Gasteiger partial charge in [-0.2, -0.15) is 0 Å². The lowest BCUT2D eigenvalue weighted by Crippen LogP contribution is -2.30. The zero-order valence-electron chi connectivity index (χ0n) is 13.7. The number of anilines is 1. The summed E-state index contributed by atoms with van der Waals surface area (Å²) in [5.41, 5.74) is 1.44. The van der Waals surface area contributed by atoms with Crippen molar-refractivity contribution in [3.8, 4) is 5.69 Å². The first-order chi connectivity index (χ1) is 12.5. The van der Waals surface area contributed by atoms with Crippen molar-refractivity contribution in [2.45, 2.75) is 13.0 Å². The van der Waals surface area contributed by atoms with Gasteiger partial charge < -0.3 is 10.1 Å². The third-order valence-corrected chi connectivity index (χ3v) is 3.71. The first-order valence-electron chi connectivity index (χ1n) is 7.64. The summed E-state index contributed by atoms with van der Waals surface area (Å²) >= 11 is 5.80. The Morgan fingerprint density at radius 3 is 2.65 bits per heavy atom. The summed E-state index contributed by atoms with van der Waals surface area (Å²) in [6.45, 7) is 1.49. The Labute approximate surface area is 153 Å². The zero-order valence-corrected chi connectivity index (χ0v) is 14.4. The average Bonchev–Trinajstić information content (AvgIpc) is 3.18. The molecule has 132 valence electrons. The molecule has 0 saturated carbocycles. The van der Waals surface area contributed by atoms with E-state index in [9.17, 15) is 9.59 Å². The molecular weight excluding hydrogens is 358 g/mol. The summed E-state index contributed by atoms with van der Waals surface area (Å²) in [6.07, 6.45) is 0.432. The van der Waals surface area contributed by atoms with E-state index < -0.39 is 18.0 Å². The van der Waals surface area contributed by atoms with Gasteiger partial charge in [0.2, 0.25) is 0 Å². The molecule has 0 bridgehead atoms. The van der Waals surface area contributed by atoms with Crippen LogP contribution in [0.2, 0.25) is 5.02 Å². The number of ether oxygens (including phenoxy) is 1. The highest BCUT2D eigenvalue weighted by molar-refractivity contribution is 6.30. The number of carbonyl (C=O) groups is 2. The molecule has 3 aromatic rings. The lowest BCUT2D eigenvalue weighted by molar-refractivity contribution is -0.123. The number of carbonyl (C=O) groups excluding carboxylic acids is 2. The number of tetrazole rings is 1. The maximum absolute atomic E-state index is 12.3. The van der Waals surface area contributed by atoms with Gasteiger partial charge in [0.25, 0.3) is 5.91 Å². The van der Waals surface area contributed by atoms with Gasteiger partial charge in [-0.25, -0.2) is 9.48 Å². The number of halogens is 1. The van der Waals surface area contributed by atoms with Gasteiger partial charge in [-0.3, -0.25) is 4.79 Å². The van der Waals surface area contributed by atoms with E-state index in [-0.39, 0.29) is 5.56 Å². The number of nitrogens with zero attached hydrogens (tertiary/aromatic N) is 4. The molecule has 1 unspecified atom stereocenters. The Balaban J connectivity index is 1.64. The predicted octanol–water partition coefficient (Wildman–Crippen LogP) is 2.50. The van der Waals surface area contributed by atoms with E-state index >= 15 is 0 Å². The highest BCUT2D eigenvalue weighted by Gasteiger charge is 2.19. The molecule has 0 aliphatic heterocycles. The van der Waals surface area contributed by atoms with E-state index in [1.54, 1.807) is 48.5 Å². The maximum Gasteiger partial charge on any atom is 0.338 e. The lowest BCUT2D eigenvalue weighted by atomic mass is 10.2. The third kappa shape index (κ3) is 4.22. The van der Waals surface area contributed by atoms with Crippen molar-refractivity contribution in [3.05, 3.63) is 65.4 Å². The summed E-state index contributed by atoms with van der Waals surface area (Å²) < 4.78 is 6.64. The van der Waals surface area contributed by atoms with Crippen LogP contribution in [0.1, 0.15) is 17.3 Å². The number of hydrogen-bond acceptors (Lipinski definition) is 6. The van der Waals surface area contributed by atoms with Crippen LogP contribution in [0.5, 0.6) is 0 Å². The predicted molar refractivity (Wildman–Crippen MR) is 94.1 cm³/mol. The number of esters is 1. The molecule has 9 heteroatoms. The van der Waals surface area contributed by atoms with Gasteiger partial charge in [-0.05, 0) is 59.8 Å². The van der Waals surface area contributed by atoms with Crippen LogP contribution in [0.4, 0.5) is 5.69 Å². The van der Waals surface area contributed by atoms with E-state index in [0.29, 0.717) is 16.4 Å². The minimum Gasteiger partial charge on any atom is -0.449 e. The number of hydrogen-bond donors (Lipinski definition) is 1. The number of amides is 1. The van der Waals surface area contributed by atoms with E-state index in [0.717, 1.165) is 0 Å². The van der Waals surface area contributed by atoms with Crippen molar-refractivity contribution in [3.63, 3.8) is 0 Å². The topological polar surface area (TPSA) is 99.0 Å². The molecule has 1 atom stereocenters. The van der Waals surface area contributed by atoms with Crippen molar-refractivity contribution in [1.29, 1.82) is 0 Å². The minimum atomic E-state index is -0.977. The number of rotatable bonds is 5. The van der Waals surface area contributed by atoms with Crippen LogP contribution in [0.3, 0.4) is 0 Å². The Hall–Kier alpha value is -3.26. The smallest absolute Gasteiger partial charge is 0.338 e. The average molecular weight is 372 g/mol. The molecule has 26 heavy (non-hydrogen) atoms. The molecule has 2 aromatic carbocycles. The quantitative estimate of drug-likeness (QED) is 0.692. The SMILES string of the molecule is CC(OC(=O)c1cccc(-n2cnnn2)c1)C(=O)Nc1ccc(Cl)cc1. The highest BCUT2D eigenvalue weighted by atomic mass is 35.5. The van der Waals surface area contributed by atoms with Crippen LogP contribution in [0.25, 0.3) is 5.69 Å². The largest absolute Gasteiger partial charge is 0.449 e. The van der Waals surface area contributed by atoms with Gasteiger partial charge in [0.05, 0.1) is 11.3 Å². The lowest BCUT2D eigenvalue weighted by Gasteiger charge is -2.14. The van der Waals surface area contributed by atoms with E-state index in [2.05, 4.69) is 20.8 Å². The molecule has 8 nitrogen and oxygen atoms in total. The fourth-order valence-electron chi connectivity index (χ4n) is 2.11. The number of aromatic nitrogens is 4. The summed E-state index contributed by atoms with van der Waals surface area (Å²) in [5.74, 6) is -1.07. The van der Waals surface area contributed by atoms with Crippen LogP contribution in [0, 0.1) is 0 Å². The fraction of sp³-hybridized carbons (Fsp3) is 0.118. The van der Waals surface area contributed by atoms with Crippen molar-refractivity contribution >= 4 is 29.2 Å². The molecule has 0 spiro atoms. The second-order valence-electron chi connectivity index (χ2n) is 5.35. The van der Waals surface area contributed by atoms with Crippen LogP contribution in [0.15, 0.2) is 54.9 Å². The van der Waals surface area contributed by atoms with Crippen LogP contribution >= 0.6 is 11.6 Å². The van der Waals surface area contributed by atoms with Gasteiger partial charge in [0.15, 0.2) is 6.10 Å². The second-order valence-corrected chi connectivity index (χ2v) is 5.78. The van der Waals surface area contributed by atoms with E-state index in [1.165, 1.54) is 17.9 Å². The number of benzene rings is 2. The van der Waals surface area contributed by atoms with Crippen molar-refractivity contribution < 1.29 is 14.3 Å².